The van der Waals surface area contributed by atoms with E-state index in [0.29, 0.717) is 23.6 Å². The normalized spacial score (nSPS) is 9.94. The first-order valence-electron chi connectivity index (χ1n) is 4.93. The first-order chi connectivity index (χ1) is 7.56. The molecule has 0 saturated carbocycles. The number of rotatable bonds is 4. The van der Waals surface area contributed by atoms with Gasteiger partial charge < -0.3 is 14.6 Å². The Morgan fingerprint density at radius 3 is 2.62 bits per heavy atom. The van der Waals surface area contributed by atoms with Gasteiger partial charge in [0, 0.05) is 0 Å². The summed E-state index contributed by atoms with van der Waals surface area (Å²) < 4.78 is 9.52. The van der Waals surface area contributed by atoms with Crippen LogP contribution in [0.3, 0.4) is 0 Å². The van der Waals surface area contributed by atoms with Crippen molar-refractivity contribution < 1.29 is 18.8 Å². The highest BCUT2D eigenvalue weighted by Gasteiger charge is 2.17. The molecule has 0 unspecified atom stereocenters. The van der Waals surface area contributed by atoms with Crippen molar-refractivity contribution >= 4 is 11.9 Å². The molecule has 1 amide bonds. The summed E-state index contributed by atoms with van der Waals surface area (Å²) in [6, 6.07) is 0. The minimum absolute atomic E-state index is 0.156. The molecule has 0 atom stereocenters. The molecule has 0 aliphatic carbocycles. The van der Waals surface area contributed by atoms with E-state index < -0.39 is 5.97 Å². The number of aromatic nitrogens is 1. The summed E-state index contributed by atoms with van der Waals surface area (Å²) in [5.74, 6) is -0.425. The predicted molar refractivity (Wildman–Crippen MR) is 54.9 cm³/mol. The van der Waals surface area contributed by atoms with Crippen LogP contribution in [0.4, 0.5) is 0 Å². The number of hydrogen-bond donors (Lipinski definition) is 1. The van der Waals surface area contributed by atoms with Crippen LogP contribution in [-0.2, 0) is 9.53 Å². The van der Waals surface area contributed by atoms with Crippen molar-refractivity contribution in [3.63, 3.8) is 0 Å². The van der Waals surface area contributed by atoms with Crippen molar-refractivity contribution in [2.75, 3.05) is 13.2 Å². The van der Waals surface area contributed by atoms with Gasteiger partial charge in [-0.2, -0.15) is 0 Å². The maximum atomic E-state index is 11.6. The SMILES string of the molecule is CCOC(=O)CNC(=O)c1c(C)noc1C. The van der Waals surface area contributed by atoms with Gasteiger partial charge in [0.1, 0.15) is 17.9 Å². The number of nitrogens with one attached hydrogen (secondary N) is 1. The van der Waals surface area contributed by atoms with Gasteiger partial charge in [-0.15, -0.1) is 0 Å². The third kappa shape index (κ3) is 2.82. The molecule has 6 heteroatoms. The van der Waals surface area contributed by atoms with E-state index in [1.807, 2.05) is 0 Å². The molecule has 0 radical (unpaired) electrons. The van der Waals surface area contributed by atoms with Gasteiger partial charge in [-0.25, -0.2) is 0 Å². The summed E-state index contributed by atoms with van der Waals surface area (Å²) in [5.41, 5.74) is 0.864. The quantitative estimate of drug-likeness (QED) is 0.759. The first kappa shape index (κ1) is 12.2. The van der Waals surface area contributed by atoms with E-state index in [2.05, 4.69) is 15.2 Å². The van der Waals surface area contributed by atoms with Gasteiger partial charge in [0.2, 0.25) is 0 Å². The molecule has 0 aliphatic rings. The van der Waals surface area contributed by atoms with Crippen molar-refractivity contribution in [1.29, 1.82) is 0 Å². The van der Waals surface area contributed by atoms with E-state index >= 15 is 0 Å². The highest BCUT2D eigenvalue weighted by atomic mass is 16.5. The number of carbonyl (C=O) groups excluding carboxylic acids is 2. The van der Waals surface area contributed by atoms with E-state index in [4.69, 9.17) is 4.52 Å². The summed E-state index contributed by atoms with van der Waals surface area (Å²) in [4.78, 5) is 22.6. The third-order valence-electron chi connectivity index (χ3n) is 1.96. The van der Waals surface area contributed by atoms with E-state index in [1.54, 1.807) is 20.8 Å². The van der Waals surface area contributed by atoms with Crippen molar-refractivity contribution in [3.05, 3.63) is 17.0 Å². The summed E-state index contributed by atoms with van der Waals surface area (Å²) in [5, 5.41) is 6.09. The van der Waals surface area contributed by atoms with E-state index in [0.717, 1.165) is 0 Å². The summed E-state index contributed by atoms with van der Waals surface area (Å²) in [6.07, 6.45) is 0. The first-order valence-corrected chi connectivity index (χ1v) is 4.93. The maximum Gasteiger partial charge on any atom is 0.325 e. The van der Waals surface area contributed by atoms with Crippen LogP contribution < -0.4 is 5.32 Å². The van der Waals surface area contributed by atoms with Crippen LogP contribution in [0.5, 0.6) is 0 Å². The molecular formula is C10H14N2O4. The molecule has 1 aromatic rings. The average molecular weight is 226 g/mol. The average Bonchev–Trinajstić information content (AvgIpc) is 2.56. The van der Waals surface area contributed by atoms with Crippen molar-refractivity contribution in [2.45, 2.75) is 20.8 Å². The summed E-state index contributed by atoms with van der Waals surface area (Å²) >= 11 is 0. The number of esters is 1. The van der Waals surface area contributed by atoms with Crippen LogP contribution in [-0.4, -0.2) is 30.2 Å². The Labute approximate surface area is 92.9 Å². The van der Waals surface area contributed by atoms with Crippen LogP contribution >= 0.6 is 0 Å². The van der Waals surface area contributed by atoms with Crippen LogP contribution in [0.1, 0.15) is 28.7 Å². The van der Waals surface area contributed by atoms with Crippen LogP contribution in [0.15, 0.2) is 4.52 Å². The lowest BCUT2D eigenvalue weighted by Gasteiger charge is -2.04. The largest absolute Gasteiger partial charge is 0.465 e. The van der Waals surface area contributed by atoms with Crippen molar-refractivity contribution in [3.8, 4) is 0 Å². The number of amides is 1. The number of ether oxygens (including phenoxy) is 1. The Balaban J connectivity index is 2.57. The molecule has 1 heterocycles. The molecule has 0 bridgehead atoms. The number of aryl methyl sites for hydroxylation is 2. The molecular weight excluding hydrogens is 212 g/mol. The van der Waals surface area contributed by atoms with Gasteiger partial charge in [-0.1, -0.05) is 5.16 Å². The zero-order valence-electron chi connectivity index (χ0n) is 9.49. The fraction of sp³-hybridized carbons (Fsp3) is 0.500. The molecule has 1 aromatic heterocycles. The molecule has 0 aromatic carbocycles. The van der Waals surface area contributed by atoms with Crippen LogP contribution in [0.25, 0.3) is 0 Å². The molecule has 1 N–H and O–H groups in total. The van der Waals surface area contributed by atoms with Gasteiger partial charge in [-0.05, 0) is 20.8 Å². The molecule has 6 nitrogen and oxygen atoms in total. The summed E-state index contributed by atoms with van der Waals surface area (Å²) in [7, 11) is 0. The Morgan fingerprint density at radius 2 is 2.12 bits per heavy atom. The number of nitrogens with zero attached hydrogens (tertiary/aromatic N) is 1. The van der Waals surface area contributed by atoms with Crippen molar-refractivity contribution in [2.24, 2.45) is 0 Å². The molecule has 0 saturated heterocycles. The van der Waals surface area contributed by atoms with Gasteiger partial charge in [0.05, 0.1) is 12.3 Å². The lowest BCUT2D eigenvalue weighted by molar-refractivity contribution is -0.141. The number of carbonyl (C=O) groups is 2. The molecule has 1 rings (SSSR count). The maximum absolute atomic E-state index is 11.6. The highest BCUT2D eigenvalue weighted by molar-refractivity contribution is 5.97. The zero-order chi connectivity index (χ0) is 12.1. The van der Waals surface area contributed by atoms with Gasteiger partial charge >= 0.3 is 5.97 Å². The molecule has 16 heavy (non-hydrogen) atoms. The Kier molecular flexibility index (Phi) is 4.04. The lowest BCUT2D eigenvalue weighted by atomic mass is 10.2. The highest BCUT2D eigenvalue weighted by Crippen LogP contribution is 2.11. The Morgan fingerprint density at radius 1 is 1.44 bits per heavy atom. The van der Waals surface area contributed by atoms with Crippen LogP contribution in [0, 0.1) is 13.8 Å². The predicted octanol–water partition coefficient (Wildman–Crippen LogP) is 0.584. The second-order valence-electron chi connectivity index (χ2n) is 3.19. The van der Waals surface area contributed by atoms with E-state index in [1.165, 1.54) is 0 Å². The van der Waals surface area contributed by atoms with Crippen molar-refractivity contribution in [1.82, 2.24) is 10.5 Å². The standard InChI is InChI=1S/C10H14N2O4/c1-4-15-8(13)5-11-10(14)9-6(2)12-16-7(9)3/h4-5H2,1-3H3,(H,11,14). The smallest absolute Gasteiger partial charge is 0.325 e. The third-order valence-corrected chi connectivity index (χ3v) is 1.96. The monoisotopic (exact) mass is 226 g/mol. The van der Waals surface area contributed by atoms with E-state index in [-0.39, 0.29) is 12.5 Å². The minimum atomic E-state index is -0.470. The second kappa shape index (κ2) is 5.29. The fourth-order valence-electron chi connectivity index (χ4n) is 1.26. The Hall–Kier alpha value is -1.85. The number of hydrogen-bond acceptors (Lipinski definition) is 5. The molecule has 88 valence electrons. The zero-order valence-corrected chi connectivity index (χ0v) is 9.49. The second-order valence-corrected chi connectivity index (χ2v) is 3.19. The van der Waals surface area contributed by atoms with Gasteiger partial charge in [0.15, 0.2) is 0 Å². The minimum Gasteiger partial charge on any atom is -0.465 e. The Bertz CT molecular complexity index is 378. The van der Waals surface area contributed by atoms with Gasteiger partial charge in [0.25, 0.3) is 5.91 Å². The van der Waals surface area contributed by atoms with Crippen LogP contribution in [0.2, 0.25) is 0 Å². The van der Waals surface area contributed by atoms with Gasteiger partial charge in [-0.3, -0.25) is 9.59 Å². The molecule has 0 fully saturated rings. The molecule has 0 aliphatic heterocycles. The lowest BCUT2D eigenvalue weighted by Crippen LogP contribution is -2.31. The molecule has 0 spiro atoms. The fourth-order valence-corrected chi connectivity index (χ4v) is 1.26. The topological polar surface area (TPSA) is 81.4 Å². The van der Waals surface area contributed by atoms with E-state index in [9.17, 15) is 9.59 Å². The summed E-state index contributed by atoms with van der Waals surface area (Å²) in [6.45, 7) is 5.14.